The zero-order chi connectivity index (χ0) is 12.0. The Kier molecular flexibility index (Phi) is 5.81. The van der Waals surface area contributed by atoms with Crippen molar-refractivity contribution in [1.82, 2.24) is 4.90 Å². The first-order valence-electron chi connectivity index (χ1n) is 6.73. The lowest BCUT2D eigenvalue weighted by Crippen LogP contribution is -2.40. The van der Waals surface area contributed by atoms with Gasteiger partial charge in [-0.1, -0.05) is 13.8 Å². The molecule has 3 nitrogen and oxygen atoms in total. The van der Waals surface area contributed by atoms with Gasteiger partial charge in [0.05, 0.1) is 0 Å². The predicted molar refractivity (Wildman–Crippen MR) is 67.1 cm³/mol. The standard InChI is InChI=1S/C13H26N2O/c1-3-9-15(10-4-2)13(16)11-5-7-12(14)8-6-11/h11-12H,3-10,14H2,1-2H3. The van der Waals surface area contributed by atoms with Gasteiger partial charge < -0.3 is 10.6 Å². The summed E-state index contributed by atoms with van der Waals surface area (Å²) in [5, 5.41) is 0. The molecule has 2 N–H and O–H groups in total. The van der Waals surface area contributed by atoms with E-state index < -0.39 is 0 Å². The molecule has 3 heteroatoms. The van der Waals surface area contributed by atoms with E-state index in [1.807, 2.05) is 4.90 Å². The zero-order valence-corrected chi connectivity index (χ0v) is 10.7. The van der Waals surface area contributed by atoms with Crippen molar-refractivity contribution in [2.75, 3.05) is 13.1 Å². The van der Waals surface area contributed by atoms with Gasteiger partial charge >= 0.3 is 0 Å². The highest BCUT2D eigenvalue weighted by atomic mass is 16.2. The number of hydrogen-bond acceptors (Lipinski definition) is 2. The number of rotatable bonds is 5. The van der Waals surface area contributed by atoms with Crippen molar-refractivity contribution in [3.63, 3.8) is 0 Å². The maximum absolute atomic E-state index is 12.3. The molecule has 94 valence electrons. The van der Waals surface area contributed by atoms with Crippen molar-refractivity contribution in [2.24, 2.45) is 11.7 Å². The Morgan fingerprint density at radius 2 is 1.62 bits per heavy atom. The summed E-state index contributed by atoms with van der Waals surface area (Å²) in [6, 6.07) is 0.329. The second-order valence-corrected chi connectivity index (χ2v) is 4.94. The summed E-state index contributed by atoms with van der Waals surface area (Å²) in [5.74, 6) is 0.619. The quantitative estimate of drug-likeness (QED) is 0.781. The highest BCUT2D eigenvalue weighted by molar-refractivity contribution is 5.78. The third kappa shape index (κ3) is 3.78. The summed E-state index contributed by atoms with van der Waals surface area (Å²) in [6.07, 6.45) is 6.12. The average Bonchev–Trinajstić information content (AvgIpc) is 2.29. The summed E-state index contributed by atoms with van der Waals surface area (Å²) < 4.78 is 0. The van der Waals surface area contributed by atoms with Crippen LogP contribution in [0.5, 0.6) is 0 Å². The third-order valence-corrected chi connectivity index (χ3v) is 3.42. The fraction of sp³-hybridized carbons (Fsp3) is 0.923. The Morgan fingerprint density at radius 1 is 1.12 bits per heavy atom. The van der Waals surface area contributed by atoms with Gasteiger partial charge in [-0.05, 0) is 38.5 Å². The molecule has 0 aromatic rings. The molecule has 0 spiro atoms. The minimum absolute atomic E-state index is 0.248. The van der Waals surface area contributed by atoms with E-state index in [0.717, 1.165) is 51.6 Å². The first-order valence-corrected chi connectivity index (χ1v) is 6.73. The summed E-state index contributed by atoms with van der Waals surface area (Å²) in [5.41, 5.74) is 5.87. The molecule has 0 heterocycles. The van der Waals surface area contributed by atoms with E-state index in [4.69, 9.17) is 5.73 Å². The van der Waals surface area contributed by atoms with Gasteiger partial charge in [-0.3, -0.25) is 4.79 Å². The van der Waals surface area contributed by atoms with Gasteiger partial charge in [0, 0.05) is 25.0 Å². The first-order chi connectivity index (χ1) is 7.69. The molecule has 1 amide bonds. The number of nitrogens with zero attached hydrogens (tertiary/aromatic N) is 1. The number of nitrogens with two attached hydrogens (primary N) is 1. The molecule has 16 heavy (non-hydrogen) atoms. The van der Waals surface area contributed by atoms with Gasteiger partial charge in [0.15, 0.2) is 0 Å². The molecule has 1 aliphatic carbocycles. The molecule has 0 aliphatic heterocycles. The molecule has 0 unspecified atom stereocenters. The van der Waals surface area contributed by atoms with Crippen molar-refractivity contribution >= 4 is 5.91 Å². The van der Waals surface area contributed by atoms with Crippen LogP contribution in [-0.2, 0) is 4.79 Å². The van der Waals surface area contributed by atoms with Gasteiger partial charge in [0.1, 0.15) is 0 Å². The van der Waals surface area contributed by atoms with Gasteiger partial charge in [-0.2, -0.15) is 0 Å². The van der Waals surface area contributed by atoms with Crippen LogP contribution in [0.2, 0.25) is 0 Å². The van der Waals surface area contributed by atoms with Crippen LogP contribution in [0, 0.1) is 5.92 Å². The average molecular weight is 226 g/mol. The van der Waals surface area contributed by atoms with E-state index in [-0.39, 0.29) is 5.92 Å². The van der Waals surface area contributed by atoms with E-state index in [0.29, 0.717) is 11.9 Å². The molecule has 1 saturated carbocycles. The zero-order valence-electron chi connectivity index (χ0n) is 10.7. The summed E-state index contributed by atoms with van der Waals surface area (Å²) >= 11 is 0. The van der Waals surface area contributed by atoms with E-state index >= 15 is 0 Å². The SMILES string of the molecule is CCCN(CCC)C(=O)C1CCC(N)CC1. The van der Waals surface area contributed by atoms with Crippen molar-refractivity contribution in [1.29, 1.82) is 0 Å². The number of hydrogen-bond donors (Lipinski definition) is 1. The molecule has 1 fully saturated rings. The summed E-state index contributed by atoms with van der Waals surface area (Å²) in [6.45, 7) is 6.09. The Morgan fingerprint density at radius 3 is 2.06 bits per heavy atom. The van der Waals surface area contributed by atoms with Crippen molar-refractivity contribution in [3.05, 3.63) is 0 Å². The summed E-state index contributed by atoms with van der Waals surface area (Å²) in [7, 11) is 0. The fourth-order valence-corrected chi connectivity index (χ4v) is 2.50. The van der Waals surface area contributed by atoms with Crippen LogP contribution in [-0.4, -0.2) is 29.9 Å². The molecule has 0 atom stereocenters. The lowest BCUT2D eigenvalue weighted by atomic mass is 9.85. The molecular weight excluding hydrogens is 200 g/mol. The van der Waals surface area contributed by atoms with Crippen LogP contribution < -0.4 is 5.73 Å². The minimum Gasteiger partial charge on any atom is -0.342 e. The van der Waals surface area contributed by atoms with Crippen molar-refractivity contribution in [2.45, 2.75) is 58.4 Å². The van der Waals surface area contributed by atoms with Crippen LogP contribution >= 0.6 is 0 Å². The fourth-order valence-electron chi connectivity index (χ4n) is 2.50. The van der Waals surface area contributed by atoms with Crippen LogP contribution in [0.3, 0.4) is 0 Å². The first kappa shape index (κ1) is 13.5. The normalized spacial score (nSPS) is 25.4. The number of amides is 1. The largest absolute Gasteiger partial charge is 0.342 e. The van der Waals surface area contributed by atoms with Crippen LogP contribution in [0.1, 0.15) is 52.4 Å². The second kappa shape index (κ2) is 6.89. The van der Waals surface area contributed by atoms with Gasteiger partial charge in [-0.25, -0.2) is 0 Å². The Hall–Kier alpha value is -0.570. The lowest BCUT2D eigenvalue weighted by molar-refractivity contribution is -0.136. The minimum atomic E-state index is 0.248. The number of carbonyl (C=O) groups is 1. The molecule has 0 radical (unpaired) electrons. The van der Waals surface area contributed by atoms with E-state index in [1.165, 1.54) is 0 Å². The van der Waals surface area contributed by atoms with Crippen LogP contribution in [0.25, 0.3) is 0 Å². The van der Waals surface area contributed by atoms with Crippen molar-refractivity contribution in [3.8, 4) is 0 Å². The molecule has 0 aromatic heterocycles. The molecule has 0 aromatic carbocycles. The highest BCUT2D eigenvalue weighted by Gasteiger charge is 2.27. The maximum Gasteiger partial charge on any atom is 0.225 e. The summed E-state index contributed by atoms with van der Waals surface area (Å²) in [4.78, 5) is 14.3. The van der Waals surface area contributed by atoms with E-state index in [9.17, 15) is 4.79 Å². The Balaban J connectivity index is 2.46. The van der Waals surface area contributed by atoms with Gasteiger partial charge in [0.25, 0.3) is 0 Å². The van der Waals surface area contributed by atoms with E-state index in [2.05, 4.69) is 13.8 Å². The van der Waals surface area contributed by atoms with Gasteiger partial charge in [0.2, 0.25) is 5.91 Å². The van der Waals surface area contributed by atoms with Crippen LogP contribution in [0.15, 0.2) is 0 Å². The third-order valence-electron chi connectivity index (χ3n) is 3.42. The highest BCUT2D eigenvalue weighted by Crippen LogP contribution is 2.25. The molecule has 0 bridgehead atoms. The smallest absolute Gasteiger partial charge is 0.225 e. The Labute approximate surface area is 99.4 Å². The molecule has 1 aliphatic rings. The Bertz CT molecular complexity index is 204. The monoisotopic (exact) mass is 226 g/mol. The van der Waals surface area contributed by atoms with Crippen LogP contribution in [0.4, 0.5) is 0 Å². The number of carbonyl (C=O) groups excluding carboxylic acids is 1. The molecule has 1 rings (SSSR count). The second-order valence-electron chi connectivity index (χ2n) is 4.94. The van der Waals surface area contributed by atoms with Gasteiger partial charge in [-0.15, -0.1) is 0 Å². The molecular formula is C13H26N2O. The van der Waals surface area contributed by atoms with E-state index in [1.54, 1.807) is 0 Å². The van der Waals surface area contributed by atoms with Crippen molar-refractivity contribution < 1.29 is 4.79 Å². The predicted octanol–water partition coefficient (Wildman–Crippen LogP) is 2.15. The lowest BCUT2D eigenvalue weighted by Gasteiger charge is -2.30. The maximum atomic E-state index is 12.3. The topological polar surface area (TPSA) is 46.3 Å². The molecule has 0 saturated heterocycles.